The van der Waals surface area contributed by atoms with Gasteiger partial charge in [0.2, 0.25) is 0 Å². The van der Waals surface area contributed by atoms with Gasteiger partial charge in [-0.25, -0.2) is 4.89 Å². The van der Waals surface area contributed by atoms with E-state index in [1.807, 2.05) is 6.92 Å². The third-order valence-electron chi connectivity index (χ3n) is 1.54. The molecule has 0 fully saturated rings. The molecule has 4 nitrogen and oxygen atoms in total. The lowest BCUT2D eigenvalue weighted by molar-refractivity contribution is -0.250. The minimum absolute atomic E-state index is 0.0751. The predicted octanol–water partition coefficient (Wildman–Crippen LogP) is 1.22. The van der Waals surface area contributed by atoms with E-state index in [0.717, 1.165) is 0 Å². The third-order valence-corrected chi connectivity index (χ3v) is 1.54. The monoisotopic (exact) mass is 162 g/mol. The van der Waals surface area contributed by atoms with Gasteiger partial charge in [0.05, 0.1) is 12.5 Å². The normalized spacial score (nSPS) is 15.9. The number of carboxylic acids is 1. The van der Waals surface area contributed by atoms with Gasteiger partial charge in [0.25, 0.3) is 0 Å². The van der Waals surface area contributed by atoms with Crippen LogP contribution in [0.2, 0.25) is 0 Å². The zero-order chi connectivity index (χ0) is 8.85. The molecule has 2 unspecified atom stereocenters. The molecule has 4 heteroatoms. The molecule has 2 atom stereocenters. The van der Waals surface area contributed by atoms with E-state index in [0.29, 0.717) is 6.42 Å². The highest BCUT2D eigenvalue weighted by Gasteiger charge is 2.14. The molecule has 0 rings (SSSR count). The van der Waals surface area contributed by atoms with E-state index in [-0.39, 0.29) is 18.4 Å². The number of carboxylic acid groups (broad SMARTS) is 1. The maximum absolute atomic E-state index is 10.3. The van der Waals surface area contributed by atoms with E-state index in [4.69, 9.17) is 10.4 Å². The van der Waals surface area contributed by atoms with E-state index >= 15 is 0 Å². The van der Waals surface area contributed by atoms with Crippen LogP contribution in [0.15, 0.2) is 0 Å². The Labute approximate surface area is 65.7 Å². The molecule has 0 aromatic carbocycles. The van der Waals surface area contributed by atoms with Crippen LogP contribution in [-0.2, 0) is 9.68 Å². The molecule has 0 bridgehead atoms. The van der Waals surface area contributed by atoms with Gasteiger partial charge in [0, 0.05) is 0 Å². The Kier molecular flexibility index (Phi) is 4.81. The first-order valence-corrected chi connectivity index (χ1v) is 3.57. The van der Waals surface area contributed by atoms with Crippen LogP contribution in [0.25, 0.3) is 0 Å². The Balaban J connectivity index is 3.56. The average Bonchev–Trinajstić information content (AvgIpc) is 1.87. The molecule has 0 amide bonds. The van der Waals surface area contributed by atoms with Gasteiger partial charge in [0.15, 0.2) is 0 Å². The molecular formula is C7H14O4. The van der Waals surface area contributed by atoms with Gasteiger partial charge >= 0.3 is 5.97 Å². The van der Waals surface area contributed by atoms with E-state index in [9.17, 15) is 4.79 Å². The second-order valence-corrected chi connectivity index (χ2v) is 2.88. The summed E-state index contributed by atoms with van der Waals surface area (Å²) in [4.78, 5) is 14.2. The van der Waals surface area contributed by atoms with Gasteiger partial charge in [0.1, 0.15) is 0 Å². The summed E-state index contributed by atoms with van der Waals surface area (Å²) < 4.78 is 0. The lowest BCUT2D eigenvalue weighted by atomic mass is 9.98. The van der Waals surface area contributed by atoms with Crippen LogP contribution < -0.4 is 0 Å². The fourth-order valence-electron chi connectivity index (χ4n) is 0.900. The summed E-state index contributed by atoms with van der Waals surface area (Å²) in [5.41, 5.74) is 0. The summed E-state index contributed by atoms with van der Waals surface area (Å²) in [6, 6.07) is 0. The molecule has 0 aromatic rings. The first-order chi connectivity index (χ1) is 5.07. The maximum atomic E-state index is 10.3. The Morgan fingerprint density at radius 1 is 1.55 bits per heavy atom. The van der Waals surface area contributed by atoms with E-state index < -0.39 is 5.97 Å². The Bertz CT molecular complexity index is 124. The fourth-order valence-corrected chi connectivity index (χ4v) is 0.900. The molecule has 0 aromatic heterocycles. The third kappa shape index (κ3) is 4.75. The van der Waals surface area contributed by atoms with Gasteiger partial charge in [-0.2, -0.15) is 0 Å². The molecule has 0 heterocycles. The van der Waals surface area contributed by atoms with Crippen LogP contribution >= 0.6 is 0 Å². The van der Waals surface area contributed by atoms with E-state index in [2.05, 4.69) is 4.89 Å². The van der Waals surface area contributed by atoms with Crippen LogP contribution in [0.4, 0.5) is 0 Å². The minimum Gasteiger partial charge on any atom is -0.481 e. The molecule has 0 aliphatic heterocycles. The predicted molar refractivity (Wildman–Crippen MR) is 39.2 cm³/mol. The molecule has 0 saturated carbocycles. The van der Waals surface area contributed by atoms with Gasteiger partial charge in [-0.15, -0.1) is 0 Å². The first kappa shape index (κ1) is 10.4. The summed E-state index contributed by atoms with van der Waals surface area (Å²) in [5, 5.41) is 16.5. The Morgan fingerprint density at radius 2 is 2.09 bits per heavy atom. The standard InChI is InChI=1S/C7H14O4/c1-5(4-11-10)3-6(2)7(8)9/h5-6,10H,3-4H2,1-2H3,(H,8,9). The summed E-state index contributed by atoms with van der Waals surface area (Å²) in [6.45, 7) is 3.66. The highest BCUT2D eigenvalue weighted by atomic mass is 17.1. The zero-order valence-corrected chi connectivity index (χ0v) is 6.78. The van der Waals surface area contributed by atoms with Crippen molar-refractivity contribution >= 4 is 5.97 Å². The van der Waals surface area contributed by atoms with Crippen LogP contribution in [0.5, 0.6) is 0 Å². The number of rotatable bonds is 5. The SMILES string of the molecule is CC(COO)CC(C)C(=O)O. The smallest absolute Gasteiger partial charge is 0.306 e. The topological polar surface area (TPSA) is 66.8 Å². The molecule has 0 aliphatic carbocycles. The van der Waals surface area contributed by atoms with Crippen LogP contribution in [0.1, 0.15) is 20.3 Å². The second-order valence-electron chi connectivity index (χ2n) is 2.88. The molecule has 11 heavy (non-hydrogen) atoms. The zero-order valence-electron chi connectivity index (χ0n) is 6.78. The van der Waals surface area contributed by atoms with Crippen LogP contribution in [0, 0.1) is 11.8 Å². The number of aliphatic carboxylic acids is 1. The number of hydrogen-bond donors (Lipinski definition) is 2. The lowest BCUT2D eigenvalue weighted by Crippen LogP contribution is -2.15. The summed E-state index contributed by atoms with van der Waals surface area (Å²) in [6.07, 6.45) is 0.524. The first-order valence-electron chi connectivity index (χ1n) is 3.57. The molecule has 2 N–H and O–H groups in total. The molecule has 66 valence electrons. The van der Waals surface area contributed by atoms with Crippen LogP contribution in [0.3, 0.4) is 0 Å². The van der Waals surface area contributed by atoms with Crippen molar-refractivity contribution < 1.29 is 20.0 Å². The largest absolute Gasteiger partial charge is 0.481 e. The van der Waals surface area contributed by atoms with Gasteiger partial charge in [-0.3, -0.25) is 10.1 Å². The maximum Gasteiger partial charge on any atom is 0.306 e. The molecule has 0 saturated heterocycles. The lowest BCUT2D eigenvalue weighted by Gasteiger charge is -2.11. The van der Waals surface area contributed by atoms with Crippen LogP contribution in [-0.4, -0.2) is 22.9 Å². The fraction of sp³-hybridized carbons (Fsp3) is 0.857. The van der Waals surface area contributed by atoms with Crippen molar-refractivity contribution in [2.75, 3.05) is 6.61 Å². The highest BCUT2D eigenvalue weighted by Crippen LogP contribution is 2.11. The molecule has 0 spiro atoms. The van der Waals surface area contributed by atoms with Gasteiger partial charge in [-0.1, -0.05) is 13.8 Å². The van der Waals surface area contributed by atoms with Crippen molar-refractivity contribution in [2.45, 2.75) is 20.3 Å². The van der Waals surface area contributed by atoms with Gasteiger partial charge < -0.3 is 5.11 Å². The van der Waals surface area contributed by atoms with Gasteiger partial charge in [-0.05, 0) is 12.3 Å². The van der Waals surface area contributed by atoms with Crippen molar-refractivity contribution in [1.82, 2.24) is 0 Å². The van der Waals surface area contributed by atoms with E-state index in [1.54, 1.807) is 6.92 Å². The number of carbonyl (C=O) groups is 1. The van der Waals surface area contributed by atoms with E-state index in [1.165, 1.54) is 0 Å². The minimum atomic E-state index is -0.810. The quantitative estimate of drug-likeness (QED) is 0.471. The highest BCUT2D eigenvalue weighted by molar-refractivity contribution is 5.69. The molecular weight excluding hydrogens is 148 g/mol. The van der Waals surface area contributed by atoms with Crippen molar-refractivity contribution in [3.63, 3.8) is 0 Å². The molecule has 0 aliphatic rings. The van der Waals surface area contributed by atoms with Crippen molar-refractivity contribution in [1.29, 1.82) is 0 Å². The van der Waals surface area contributed by atoms with Crippen molar-refractivity contribution in [3.05, 3.63) is 0 Å². The van der Waals surface area contributed by atoms with Crippen molar-refractivity contribution in [3.8, 4) is 0 Å². The molecule has 0 radical (unpaired) electrons. The second kappa shape index (κ2) is 5.09. The Hall–Kier alpha value is -0.610. The number of hydrogen-bond acceptors (Lipinski definition) is 3. The average molecular weight is 162 g/mol. The summed E-state index contributed by atoms with van der Waals surface area (Å²) in [5.74, 6) is -1.11. The Morgan fingerprint density at radius 3 is 2.45 bits per heavy atom. The van der Waals surface area contributed by atoms with Crippen molar-refractivity contribution in [2.24, 2.45) is 11.8 Å². The summed E-state index contributed by atoms with van der Waals surface area (Å²) >= 11 is 0. The summed E-state index contributed by atoms with van der Waals surface area (Å²) in [7, 11) is 0.